The number of nitrogens with one attached hydrogen (secondary N) is 1. The number of rotatable bonds is 10. The largest absolute Gasteiger partial charge is 0.352 e. The van der Waals surface area contributed by atoms with Crippen LogP contribution < -0.4 is 5.32 Å². The highest BCUT2D eigenvalue weighted by molar-refractivity contribution is 6.30. The zero-order valence-corrected chi connectivity index (χ0v) is 20.5. The molecule has 1 N–H and O–H groups in total. The van der Waals surface area contributed by atoms with Crippen molar-refractivity contribution in [2.45, 2.75) is 58.7 Å². The summed E-state index contributed by atoms with van der Waals surface area (Å²) in [7, 11) is 0. The van der Waals surface area contributed by atoms with E-state index in [0.717, 1.165) is 12.0 Å². The van der Waals surface area contributed by atoms with Crippen molar-refractivity contribution in [2.75, 3.05) is 6.54 Å². The first-order valence-corrected chi connectivity index (χ1v) is 11.9. The highest BCUT2D eigenvalue weighted by atomic mass is 35.5. The Balaban J connectivity index is 1.67. The van der Waals surface area contributed by atoms with E-state index in [2.05, 4.69) is 5.32 Å². The zero-order chi connectivity index (χ0) is 24.8. The molecule has 0 saturated carbocycles. The van der Waals surface area contributed by atoms with E-state index in [4.69, 9.17) is 11.6 Å². The average Bonchev–Trinajstić information content (AvgIpc) is 3.08. The Morgan fingerprint density at radius 1 is 1.00 bits per heavy atom. The highest BCUT2D eigenvalue weighted by Crippen LogP contribution is 2.23. The molecule has 34 heavy (non-hydrogen) atoms. The summed E-state index contributed by atoms with van der Waals surface area (Å²) >= 11 is 5.98. The van der Waals surface area contributed by atoms with Crippen LogP contribution in [0.1, 0.15) is 66.3 Å². The molecule has 7 nitrogen and oxygen atoms in total. The minimum absolute atomic E-state index is 0.00347. The van der Waals surface area contributed by atoms with Crippen LogP contribution in [-0.2, 0) is 16.1 Å². The van der Waals surface area contributed by atoms with Crippen LogP contribution in [0.2, 0.25) is 5.02 Å². The summed E-state index contributed by atoms with van der Waals surface area (Å²) < 4.78 is 0. The molecule has 2 aromatic rings. The molecule has 1 aliphatic heterocycles. The molecule has 0 fully saturated rings. The van der Waals surface area contributed by atoms with Crippen molar-refractivity contribution in [3.05, 3.63) is 70.2 Å². The first kappa shape index (κ1) is 25.4. The molecule has 2 aromatic carbocycles. The van der Waals surface area contributed by atoms with Gasteiger partial charge in [0.25, 0.3) is 11.8 Å². The maximum absolute atomic E-state index is 13.2. The molecule has 2 atom stereocenters. The molecule has 4 amide bonds. The smallest absolute Gasteiger partial charge is 0.261 e. The van der Waals surface area contributed by atoms with Crippen LogP contribution in [0.25, 0.3) is 0 Å². The van der Waals surface area contributed by atoms with Crippen LogP contribution in [0.4, 0.5) is 0 Å². The van der Waals surface area contributed by atoms with Gasteiger partial charge in [0.1, 0.15) is 6.04 Å². The maximum atomic E-state index is 13.2. The number of hydrogen-bond acceptors (Lipinski definition) is 4. The zero-order valence-electron chi connectivity index (χ0n) is 19.7. The number of benzene rings is 2. The van der Waals surface area contributed by atoms with Gasteiger partial charge in [-0.1, -0.05) is 42.8 Å². The van der Waals surface area contributed by atoms with E-state index in [1.165, 1.54) is 9.80 Å². The van der Waals surface area contributed by atoms with E-state index < -0.39 is 6.04 Å². The Labute approximate surface area is 205 Å². The second-order valence-electron chi connectivity index (χ2n) is 8.55. The average molecular weight is 484 g/mol. The lowest BCUT2D eigenvalue weighted by molar-refractivity contribution is -0.141. The third-order valence-electron chi connectivity index (χ3n) is 6.09. The monoisotopic (exact) mass is 483 g/mol. The number of fused-ring (bicyclic) bond motifs is 1. The molecule has 0 aromatic heterocycles. The van der Waals surface area contributed by atoms with Crippen molar-refractivity contribution >= 4 is 35.2 Å². The van der Waals surface area contributed by atoms with E-state index in [1.807, 2.05) is 26.0 Å². The topological polar surface area (TPSA) is 86.8 Å². The molecule has 0 radical (unpaired) electrons. The highest BCUT2D eigenvalue weighted by Gasteiger charge is 2.35. The van der Waals surface area contributed by atoms with Crippen molar-refractivity contribution in [3.8, 4) is 0 Å². The standard InChI is InChI=1S/C26H30ClN3O4/c1-4-17(2)28-24(32)18(3)30(16-19-11-13-20(27)14-12-19)23(31)10-7-15-29-25(33)21-8-5-6-9-22(21)26(29)34/h5-6,8-9,11-14,17-18H,4,7,10,15-16H2,1-3H3,(H,28,32)/t17-,18-/m0/s1. The molecule has 1 aliphatic rings. The Morgan fingerprint density at radius 2 is 1.59 bits per heavy atom. The van der Waals surface area contributed by atoms with E-state index in [0.29, 0.717) is 22.6 Å². The SMILES string of the molecule is CC[C@H](C)NC(=O)[C@H](C)N(Cc1ccc(Cl)cc1)C(=O)CCCN1C(=O)c2ccccc2C1=O. The van der Waals surface area contributed by atoms with Crippen molar-refractivity contribution in [3.63, 3.8) is 0 Å². The number of carbonyl (C=O) groups is 4. The number of imide groups is 1. The second-order valence-corrected chi connectivity index (χ2v) is 8.99. The van der Waals surface area contributed by atoms with Gasteiger partial charge in [0, 0.05) is 30.6 Å². The summed E-state index contributed by atoms with van der Waals surface area (Å²) in [6, 6.07) is 13.1. The number of halogens is 1. The Hall–Kier alpha value is -3.19. The molecule has 8 heteroatoms. The molecular weight excluding hydrogens is 454 g/mol. The minimum atomic E-state index is -0.684. The molecule has 0 saturated heterocycles. The first-order valence-electron chi connectivity index (χ1n) is 11.5. The summed E-state index contributed by atoms with van der Waals surface area (Å²) in [5.41, 5.74) is 1.62. The fourth-order valence-corrected chi connectivity index (χ4v) is 3.93. The van der Waals surface area contributed by atoms with E-state index in [1.54, 1.807) is 43.3 Å². The molecule has 0 spiro atoms. The maximum Gasteiger partial charge on any atom is 0.261 e. The molecule has 0 aliphatic carbocycles. The number of amides is 4. The summed E-state index contributed by atoms with van der Waals surface area (Å²) in [4.78, 5) is 53.8. The van der Waals surface area contributed by atoms with Gasteiger partial charge in [-0.2, -0.15) is 0 Å². The third kappa shape index (κ3) is 5.83. The number of carbonyl (C=O) groups excluding carboxylic acids is 4. The lowest BCUT2D eigenvalue weighted by Gasteiger charge is -2.30. The summed E-state index contributed by atoms with van der Waals surface area (Å²) in [6.07, 6.45) is 1.19. The fourth-order valence-electron chi connectivity index (χ4n) is 3.81. The fraction of sp³-hybridized carbons (Fsp3) is 0.385. The van der Waals surface area contributed by atoms with E-state index in [9.17, 15) is 19.2 Å². The Bertz CT molecular complexity index is 1030. The molecule has 3 rings (SSSR count). The molecule has 1 heterocycles. The second kappa shape index (κ2) is 11.3. The molecule has 180 valence electrons. The summed E-state index contributed by atoms with van der Waals surface area (Å²) in [5.74, 6) is -1.13. The van der Waals surface area contributed by atoms with Crippen molar-refractivity contribution in [2.24, 2.45) is 0 Å². The summed E-state index contributed by atoms with van der Waals surface area (Å²) in [5, 5.41) is 3.52. The van der Waals surface area contributed by atoms with E-state index in [-0.39, 0.29) is 49.2 Å². The van der Waals surface area contributed by atoms with Crippen LogP contribution in [-0.4, -0.2) is 52.1 Å². The lowest BCUT2D eigenvalue weighted by Crippen LogP contribution is -2.49. The predicted molar refractivity (Wildman–Crippen MR) is 130 cm³/mol. The Morgan fingerprint density at radius 3 is 2.15 bits per heavy atom. The van der Waals surface area contributed by atoms with Gasteiger partial charge in [-0.25, -0.2) is 0 Å². The quantitative estimate of drug-likeness (QED) is 0.516. The van der Waals surface area contributed by atoms with Crippen LogP contribution in [0.5, 0.6) is 0 Å². The summed E-state index contributed by atoms with van der Waals surface area (Å²) in [6.45, 7) is 5.98. The third-order valence-corrected chi connectivity index (χ3v) is 6.34. The van der Waals surface area contributed by atoms with Crippen LogP contribution in [0, 0.1) is 0 Å². The normalized spacial score (nSPS) is 14.5. The van der Waals surface area contributed by atoms with Gasteiger partial charge in [0.2, 0.25) is 11.8 Å². The molecule has 0 unspecified atom stereocenters. The van der Waals surface area contributed by atoms with Gasteiger partial charge < -0.3 is 10.2 Å². The minimum Gasteiger partial charge on any atom is -0.352 e. The molecule has 0 bridgehead atoms. The molecular formula is C26H30ClN3O4. The number of hydrogen-bond donors (Lipinski definition) is 1. The van der Waals surface area contributed by atoms with Crippen LogP contribution in [0.3, 0.4) is 0 Å². The van der Waals surface area contributed by atoms with Gasteiger partial charge in [-0.3, -0.25) is 24.1 Å². The Kier molecular flexibility index (Phi) is 8.45. The van der Waals surface area contributed by atoms with Gasteiger partial charge in [0.15, 0.2) is 0 Å². The number of nitrogens with zero attached hydrogens (tertiary/aromatic N) is 2. The van der Waals surface area contributed by atoms with Crippen molar-refractivity contribution in [1.29, 1.82) is 0 Å². The van der Waals surface area contributed by atoms with Crippen molar-refractivity contribution in [1.82, 2.24) is 15.1 Å². The van der Waals surface area contributed by atoms with Gasteiger partial charge in [-0.15, -0.1) is 0 Å². The predicted octanol–water partition coefficient (Wildman–Crippen LogP) is 4.05. The first-order chi connectivity index (χ1) is 16.2. The lowest BCUT2D eigenvalue weighted by atomic mass is 10.1. The van der Waals surface area contributed by atoms with Crippen LogP contribution in [0.15, 0.2) is 48.5 Å². The van der Waals surface area contributed by atoms with E-state index >= 15 is 0 Å². The van der Waals surface area contributed by atoms with Crippen molar-refractivity contribution < 1.29 is 19.2 Å². The van der Waals surface area contributed by atoms with Gasteiger partial charge >= 0.3 is 0 Å². The van der Waals surface area contributed by atoms with Crippen LogP contribution >= 0.6 is 11.6 Å². The van der Waals surface area contributed by atoms with Gasteiger partial charge in [-0.05, 0) is 56.5 Å². The van der Waals surface area contributed by atoms with Gasteiger partial charge in [0.05, 0.1) is 11.1 Å².